The standard InChI is InChI=1S/C13H27NO2/c1-13(2,3)12(14-4)10-16-9-11-5-7-15-8-6-11/h11-12,14H,5-10H2,1-4H3. The minimum Gasteiger partial charge on any atom is -0.381 e. The molecule has 16 heavy (non-hydrogen) atoms. The van der Waals surface area contributed by atoms with Crippen LogP contribution in [0.15, 0.2) is 0 Å². The van der Waals surface area contributed by atoms with Crippen molar-refractivity contribution in [1.82, 2.24) is 5.32 Å². The van der Waals surface area contributed by atoms with Crippen molar-refractivity contribution in [2.24, 2.45) is 11.3 Å². The summed E-state index contributed by atoms with van der Waals surface area (Å²) in [7, 11) is 2.01. The van der Waals surface area contributed by atoms with Gasteiger partial charge in [-0.3, -0.25) is 0 Å². The van der Waals surface area contributed by atoms with Crippen LogP contribution in [-0.4, -0.2) is 39.5 Å². The average Bonchev–Trinajstić information content (AvgIpc) is 2.24. The Bertz CT molecular complexity index is 183. The van der Waals surface area contributed by atoms with Gasteiger partial charge in [0.25, 0.3) is 0 Å². The first-order chi connectivity index (χ1) is 7.54. The average molecular weight is 229 g/mol. The van der Waals surface area contributed by atoms with Gasteiger partial charge in [0.2, 0.25) is 0 Å². The van der Waals surface area contributed by atoms with Crippen molar-refractivity contribution < 1.29 is 9.47 Å². The minimum absolute atomic E-state index is 0.254. The third-order valence-electron chi connectivity index (χ3n) is 3.37. The summed E-state index contributed by atoms with van der Waals surface area (Å²) in [6.45, 7) is 10.2. The van der Waals surface area contributed by atoms with Crippen LogP contribution in [0.2, 0.25) is 0 Å². The van der Waals surface area contributed by atoms with Gasteiger partial charge in [-0.05, 0) is 31.2 Å². The molecule has 1 rings (SSSR count). The maximum atomic E-state index is 5.83. The molecule has 1 aliphatic rings. The largest absolute Gasteiger partial charge is 0.381 e. The van der Waals surface area contributed by atoms with Crippen molar-refractivity contribution in [1.29, 1.82) is 0 Å². The van der Waals surface area contributed by atoms with Gasteiger partial charge in [-0.1, -0.05) is 20.8 Å². The van der Waals surface area contributed by atoms with Crippen LogP contribution in [0.3, 0.4) is 0 Å². The quantitative estimate of drug-likeness (QED) is 0.783. The van der Waals surface area contributed by atoms with Crippen molar-refractivity contribution in [2.45, 2.75) is 39.7 Å². The Morgan fingerprint density at radius 2 is 1.94 bits per heavy atom. The number of hydrogen-bond acceptors (Lipinski definition) is 3. The summed E-state index contributed by atoms with van der Waals surface area (Å²) in [6.07, 6.45) is 2.31. The van der Waals surface area contributed by atoms with Crippen LogP contribution in [0.1, 0.15) is 33.6 Å². The second-order valence-electron chi connectivity index (χ2n) is 5.80. The maximum Gasteiger partial charge on any atom is 0.0624 e. The topological polar surface area (TPSA) is 30.5 Å². The molecule has 0 bridgehead atoms. The van der Waals surface area contributed by atoms with Gasteiger partial charge < -0.3 is 14.8 Å². The van der Waals surface area contributed by atoms with E-state index in [2.05, 4.69) is 26.1 Å². The van der Waals surface area contributed by atoms with Gasteiger partial charge in [-0.15, -0.1) is 0 Å². The summed E-state index contributed by atoms with van der Waals surface area (Å²) in [6, 6.07) is 0.423. The minimum atomic E-state index is 0.254. The molecular formula is C13H27NO2. The van der Waals surface area contributed by atoms with E-state index in [1.54, 1.807) is 0 Å². The number of nitrogens with one attached hydrogen (secondary N) is 1. The molecule has 0 aromatic rings. The zero-order valence-corrected chi connectivity index (χ0v) is 11.2. The SMILES string of the molecule is CNC(COCC1CCOCC1)C(C)(C)C. The molecule has 1 fully saturated rings. The Balaban J connectivity index is 2.17. The fourth-order valence-electron chi connectivity index (χ4n) is 2.03. The summed E-state index contributed by atoms with van der Waals surface area (Å²) in [5, 5.41) is 3.33. The third-order valence-corrected chi connectivity index (χ3v) is 3.37. The van der Waals surface area contributed by atoms with E-state index in [9.17, 15) is 0 Å². The molecule has 1 N–H and O–H groups in total. The van der Waals surface area contributed by atoms with Crippen molar-refractivity contribution in [3.63, 3.8) is 0 Å². The van der Waals surface area contributed by atoms with Crippen LogP contribution in [0.5, 0.6) is 0 Å². The number of hydrogen-bond donors (Lipinski definition) is 1. The van der Waals surface area contributed by atoms with E-state index in [1.807, 2.05) is 7.05 Å². The molecule has 0 aromatic heterocycles. The Labute approximate surface area is 99.9 Å². The normalized spacial score (nSPS) is 21.0. The highest BCUT2D eigenvalue weighted by Gasteiger charge is 2.23. The molecule has 1 aliphatic heterocycles. The molecule has 0 amide bonds. The summed E-state index contributed by atoms with van der Waals surface area (Å²) >= 11 is 0. The van der Waals surface area contributed by atoms with Crippen LogP contribution < -0.4 is 5.32 Å². The number of rotatable bonds is 5. The van der Waals surface area contributed by atoms with E-state index in [1.165, 1.54) is 0 Å². The van der Waals surface area contributed by atoms with Gasteiger partial charge in [0, 0.05) is 25.9 Å². The number of ether oxygens (including phenoxy) is 2. The van der Waals surface area contributed by atoms with Crippen LogP contribution in [0.25, 0.3) is 0 Å². The van der Waals surface area contributed by atoms with Crippen molar-refractivity contribution in [3.05, 3.63) is 0 Å². The molecule has 1 atom stereocenters. The molecule has 0 spiro atoms. The first-order valence-corrected chi connectivity index (χ1v) is 6.37. The Hall–Kier alpha value is -0.120. The summed E-state index contributed by atoms with van der Waals surface area (Å²) in [5.41, 5.74) is 0.254. The summed E-state index contributed by atoms with van der Waals surface area (Å²) < 4.78 is 11.2. The fraction of sp³-hybridized carbons (Fsp3) is 1.00. The third kappa shape index (κ3) is 4.81. The maximum absolute atomic E-state index is 5.83. The highest BCUT2D eigenvalue weighted by atomic mass is 16.5. The van der Waals surface area contributed by atoms with Gasteiger partial charge in [-0.25, -0.2) is 0 Å². The molecule has 3 heteroatoms. The van der Waals surface area contributed by atoms with Crippen molar-refractivity contribution >= 4 is 0 Å². The zero-order valence-electron chi connectivity index (χ0n) is 11.2. The summed E-state index contributed by atoms with van der Waals surface area (Å²) in [5.74, 6) is 0.700. The smallest absolute Gasteiger partial charge is 0.0624 e. The lowest BCUT2D eigenvalue weighted by Gasteiger charge is -2.31. The van der Waals surface area contributed by atoms with Crippen LogP contribution in [-0.2, 0) is 9.47 Å². The molecule has 96 valence electrons. The predicted molar refractivity (Wildman–Crippen MR) is 66.7 cm³/mol. The van der Waals surface area contributed by atoms with Crippen molar-refractivity contribution in [2.75, 3.05) is 33.5 Å². The Morgan fingerprint density at radius 1 is 1.31 bits per heavy atom. The monoisotopic (exact) mass is 229 g/mol. The second kappa shape index (κ2) is 6.58. The highest BCUT2D eigenvalue weighted by Crippen LogP contribution is 2.20. The van der Waals surface area contributed by atoms with E-state index < -0.39 is 0 Å². The molecule has 0 radical (unpaired) electrons. The van der Waals surface area contributed by atoms with Gasteiger partial charge in [0.05, 0.1) is 6.61 Å². The molecule has 1 unspecified atom stereocenters. The summed E-state index contributed by atoms with van der Waals surface area (Å²) in [4.78, 5) is 0. The van der Waals surface area contributed by atoms with Gasteiger partial charge >= 0.3 is 0 Å². The molecule has 1 heterocycles. The van der Waals surface area contributed by atoms with E-state index in [0.29, 0.717) is 12.0 Å². The second-order valence-corrected chi connectivity index (χ2v) is 5.80. The Kier molecular flexibility index (Phi) is 5.73. The van der Waals surface area contributed by atoms with Gasteiger partial charge in [0.1, 0.15) is 0 Å². The first kappa shape index (κ1) is 13.9. The number of likely N-dealkylation sites (N-methyl/N-ethyl adjacent to an activating group) is 1. The molecule has 0 aromatic carbocycles. The molecule has 3 nitrogen and oxygen atoms in total. The zero-order chi connectivity index (χ0) is 12.0. The highest BCUT2D eigenvalue weighted by molar-refractivity contribution is 4.78. The van der Waals surface area contributed by atoms with Crippen LogP contribution in [0, 0.1) is 11.3 Å². The molecule has 0 saturated carbocycles. The van der Waals surface area contributed by atoms with E-state index >= 15 is 0 Å². The van der Waals surface area contributed by atoms with E-state index in [0.717, 1.165) is 39.3 Å². The van der Waals surface area contributed by atoms with Gasteiger partial charge in [0.15, 0.2) is 0 Å². The lowest BCUT2D eigenvalue weighted by molar-refractivity contribution is 0.00699. The Morgan fingerprint density at radius 3 is 2.44 bits per heavy atom. The fourth-order valence-corrected chi connectivity index (χ4v) is 2.03. The predicted octanol–water partition coefficient (Wildman–Crippen LogP) is 2.06. The van der Waals surface area contributed by atoms with Crippen molar-refractivity contribution in [3.8, 4) is 0 Å². The molecular weight excluding hydrogens is 202 g/mol. The lowest BCUT2D eigenvalue weighted by atomic mass is 9.87. The van der Waals surface area contributed by atoms with Gasteiger partial charge in [-0.2, -0.15) is 0 Å². The van der Waals surface area contributed by atoms with E-state index in [4.69, 9.17) is 9.47 Å². The lowest BCUT2D eigenvalue weighted by Crippen LogP contribution is -2.42. The first-order valence-electron chi connectivity index (χ1n) is 6.37. The molecule has 1 saturated heterocycles. The van der Waals surface area contributed by atoms with Crippen LogP contribution in [0.4, 0.5) is 0 Å². The van der Waals surface area contributed by atoms with E-state index in [-0.39, 0.29) is 5.41 Å². The molecule has 0 aliphatic carbocycles. The van der Waals surface area contributed by atoms with Crippen LogP contribution >= 0.6 is 0 Å².